The monoisotopic (exact) mass is 275 g/mol. The van der Waals surface area contributed by atoms with Gasteiger partial charge >= 0.3 is 6.03 Å². The predicted molar refractivity (Wildman–Crippen MR) is 80.7 cm³/mol. The molecule has 0 unspecified atom stereocenters. The number of aliphatic imine (C=N–C) groups is 1. The molecule has 0 radical (unpaired) electrons. The fourth-order valence-electron chi connectivity index (χ4n) is 2.15. The summed E-state index contributed by atoms with van der Waals surface area (Å²) in [5, 5.41) is 5.91. The van der Waals surface area contributed by atoms with Gasteiger partial charge in [-0.3, -0.25) is 4.99 Å². The van der Waals surface area contributed by atoms with E-state index in [4.69, 9.17) is 5.73 Å². The molecule has 2 amide bonds. The molecule has 4 N–H and O–H groups in total. The first-order chi connectivity index (χ1) is 9.69. The molecule has 20 heavy (non-hydrogen) atoms. The van der Waals surface area contributed by atoms with Crippen LogP contribution in [-0.2, 0) is 6.54 Å². The van der Waals surface area contributed by atoms with Gasteiger partial charge in [-0.2, -0.15) is 0 Å². The van der Waals surface area contributed by atoms with E-state index in [2.05, 4.69) is 15.6 Å². The second-order valence-corrected chi connectivity index (χ2v) is 4.79. The highest BCUT2D eigenvalue weighted by Gasteiger charge is 2.17. The Morgan fingerprint density at radius 1 is 1.40 bits per heavy atom. The van der Waals surface area contributed by atoms with Gasteiger partial charge in [0.05, 0.1) is 0 Å². The van der Waals surface area contributed by atoms with Crippen LogP contribution in [0.5, 0.6) is 0 Å². The Morgan fingerprint density at radius 2 is 2.15 bits per heavy atom. The van der Waals surface area contributed by atoms with E-state index >= 15 is 0 Å². The van der Waals surface area contributed by atoms with E-state index in [1.807, 2.05) is 29.2 Å². The Kier molecular flexibility index (Phi) is 4.81. The van der Waals surface area contributed by atoms with Crippen molar-refractivity contribution in [1.29, 1.82) is 0 Å². The van der Waals surface area contributed by atoms with Crippen LogP contribution in [0.1, 0.15) is 18.4 Å². The van der Waals surface area contributed by atoms with Crippen LogP contribution in [0.25, 0.3) is 0 Å². The van der Waals surface area contributed by atoms with Crippen LogP contribution in [0.3, 0.4) is 0 Å². The Bertz CT molecular complexity index is 494. The van der Waals surface area contributed by atoms with E-state index in [1.54, 1.807) is 7.05 Å². The first-order valence-corrected chi connectivity index (χ1v) is 6.80. The number of likely N-dealkylation sites (tertiary alicyclic amines) is 1. The molecule has 0 aromatic heterocycles. The Morgan fingerprint density at radius 3 is 2.85 bits per heavy atom. The molecule has 1 aromatic rings. The molecule has 0 aliphatic carbocycles. The van der Waals surface area contributed by atoms with Gasteiger partial charge in [-0.25, -0.2) is 4.79 Å². The summed E-state index contributed by atoms with van der Waals surface area (Å²) in [5.41, 5.74) is 7.42. The zero-order chi connectivity index (χ0) is 14.4. The Hall–Kier alpha value is -2.24. The third kappa shape index (κ3) is 3.88. The number of hydrogen-bond donors (Lipinski definition) is 3. The lowest BCUT2D eigenvalue weighted by Crippen LogP contribution is -2.32. The first kappa shape index (κ1) is 14.2. The fraction of sp³-hybridized carbons (Fsp3) is 0.429. The molecule has 0 atom stereocenters. The number of benzene rings is 1. The number of rotatable bonds is 3. The molecule has 0 saturated carbocycles. The lowest BCUT2D eigenvalue weighted by Gasteiger charge is -2.16. The van der Waals surface area contributed by atoms with E-state index in [0.29, 0.717) is 12.5 Å². The fourth-order valence-corrected chi connectivity index (χ4v) is 2.15. The second kappa shape index (κ2) is 6.79. The average Bonchev–Trinajstić information content (AvgIpc) is 2.99. The largest absolute Gasteiger partial charge is 0.370 e. The second-order valence-electron chi connectivity index (χ2n) is 4.79. The van der Waals surface area contributed by atoms with E-state index in [9.17, 15) is 4.79 Å². The average molecular weight is 275 g/mol. The Labute approximate surface area is 119 Å². The highest BCUT2D eigenvalue weighted by Crippen LogP contribution is 2.14. The summed E-state index contributed by atoms with van der Waals surface area (Å²) in [4.78, 5) is 17.7. The van der Waals surface area contributed by atoms with Gasteiger partial charge in [0, 0.05) is 32.4 Å². The van der Waals surface area contributed by atoms with Crippen LogP contribution in [0, 0.1) is 0 Å². The number of anilines is 1. The molecule has 1 fully saturated rings. The summed E-state index contributed by atoms with van der Waals surface area (Å²) >= 11 is 0. The molecule has 0 bridgehead atoms. The van der Waals surface area contributed by atoms with Crippen molar-refractivity contribution in [2.24, 2.45) is 10.7 Å². The van der Waals surface area contributed by atoms with E-state index < -0.39 is 0 Å². The summed E-state index contributed by atoms with van der Waals surface area (Å²) in [6, 6.07) is 7.68. The molecular weight excluding hydrogens is 254 g/mol. The maximum absolute atomic E-state index is 12.0. The summed E-state index contributed by atoms with van der Waals surface area (Å²) in [5.74, 6) is 0.400. The molecule has 108 valence electrons. The van der Waals surface area contributed by atoms with Crippen LogP contribution in [0.4, 0.5) is 10.5 Å². The maximum Gasteiger partial charge on any atom is 0.321 e. The summed E-state index contributed by atoms with van der Waals surface area (Å²) in [6.07, 6.45) is 2.18. The molecule has 6 heteroatoms. The highest BCUT2D eigenvalue weighted by atomic mass is 16.2. The van der Waals surface area contributed by atoms with Crippen molar-refractivity contribution in [3.63, 3.8) is 0 Å². The SMILES string of the molecule is CN=C(N)NCc1cccc(NC(=O)N2CCCC2)c1. The molecule has 6 nitrogen and oxygen atoms in total. The van der Waals surface area contributed by atoms with Gasteiger partial charge in [0.15, 0.2) is 5.96 Å². The first-order valence-electron chi connectivity index (χ1n) is 6.80. The molecule has 1 aliphatic rings. The van der Waals surface area contributed by atoms with Crippen molar-refractivity contribution in [3.8, 4) is 0 Å². The van der Waals surface area contributed by atoms with Crippen LogP contribution in [0.15, 0.2) is 29.3 Å². The molecule has 0 spiro atoms. The van der Waals surface area contributed by atoms with Crippen molar-refractivity contribution in [2.75, 3.05) is 25.5 Å². The normalized spacial score (nSPS) is 15.2. The van der Waals surface area contributed by atoms with E-state index in [0.717, 1.165) is 37.2 Å². The molecule has 1 aliphatic heterocycles. The predicted octanol–water partition coefficient (Wildman–Crippen LogP) is 1.35. The number of guanidine groups is 1. The zero-order valence-corrected chi connectivity index (χ0v) is 11.7. The number of carbonyl (C=O) groups is 1. The number of amides is 2. The number of carbonyl (C=O) groups excluding carboxylic acids is 1. The summed E-state index contributed by atoms with van der Waals surface area (Å²) in [7, 11) is 1.63. The molecular formula is C14H21N5O. The van der Waals surface area contributed by atoms with E-state index in [1.165, 1.54) is 0 Å². The lowest BCUT2D eigenvalue weighted by atomic mass is 10.2. The van der Waals surface area contributed by atoms with Gasteiger partial charge in [-0.1, -0.05) is 12.1 Å². The summed E-state index contributed by atoms with van der Waals surface area (Å²) in [6.45, 7) is 2.27. The molecule has 1 aromatic carbocycles. The lowest BCUT2D eigenvalue weighted by molar-refractivity contribution is 0.222. The molecule has 2 rings (SSSR count). The van der Waals surface area contributed by atoms with Crippen LogP contribution >= 0.6 is 0 Å². The van der Waals surface area contributed by atoms with Gasteiger partial charge in [0.1, 0.15) is 0 Å². The molecule has 1 saturated heterocycles. The minimum atomic E-state index is -0.0257. The van der Waals surface area contributed by atoms with Gasteiger partial charge in [-0.15, -0.1) is 0 Å². The van der Waals surface area contributed by atoms with Gasteiger partial charge < -0.3 is 21.3 Å². The third-order valence-electron chi connectivity index (χ3n) is 3.29. The summed E-state index contributed by atoms with van der Waals surface area (Å²) < 4.78 is 0. The van der Waals surface area contributed by atoms with Gasteiger partial charge in [0.2, 0.25) is 0 Å². The standard InChI is InChI=1S/C14H21N5O/c1-16-13(15)17-10-11-5-4-6-12(9-11)18-14(20)19-7-2-3-8-19/h4-6,9H,2-3,7-8,10H2,1H3,(H,18,20)(H3,15,16,17). The minimum Gasteiger partial charge on any atom is -0.370 e. The number of nitrogens with one attached hydrogen (secondary N) is 2. The number of nitrogens with two attached hydrogens (primary N) is 1. The van der Waals surface area contributed by atoms with E-state index in [-0.39, 0.29) is 6.03 Å². The van der Waals surface area contributed by atoms with Crippen molar-refractivity contribution in [1.82, 2.24) is 10.2 Å². The van der Waals surface area contributed by atoms with Gasteiger partial charge in [0.25, 0.3) is 0 Å². The van der Waals surface area contributed by atoms with Crippen molar-refractivity contribution < 1.29 is 4.79 Å². The number of urea groups is 1. The number of hydrogen-bond acceptors (Lipinski definition) is 2. The minimum absolute atomic E-state index is 0.0257. The zero-order valence-electron chi connectivity index (χ0n) is 11.7. The number of nitrogens with zero attached hydrogens (tertiary/aromatic N) is 2. The van der Waals surface area contributed by atoms with Crippen molar-refractivity contribution >= 4 is 17.7 Å². The molecule has 1 heterocycles. The van der Waals surface area contributed by atoms with Crippen molar-refractivity contribution in [3.05, 3.63) is 29.8 Å². The van der Waals surface area contributed by atoms with Crippen molar-refractivity contribution in [2.45, 2.75) is 19.4 Å². The highest BCUT2D eigenvalue weighted by molar-refractivity contribution is 5.89. The quantitative estimate of drug-likeness (QED) is 0.575. The third-order valence-corrected chi connectivity index (χ3v) is 3.29. The Balaban J connectivity index is 1.93. The maximum atomic E-state index is 12.0. The smallest absolute Gasteiger partial charge is 0.321 e. The van der Waals surface area contributed by atoms with Crippen LogP contribution in [0.2, 0.25) is 0 Å². The van der Waals surface area contributed by atoms with Crippen LogP contribution < -0.4 is 16.4 Å². The topological polar surface area (TPSA) is 82.7 Å². The van der Waals surface area contributed by atoms with Crippen LogP contribution in [-0.4, -0.2) is 37.0 Å². The van der Waals surface area contributed by atoms with Gasteiger partial charge in [-0.05, 0) is 30.5 Å².